The molecule has 0 amide bonds. The summed E-state index contributed by atoms with van der Waals surface area (Å²) in [7, 11) is 1.71. The zero-order valence-electron chi connectivity index (χ0n) is 15.3. The normalized spacial score (nSPS) is 13.7. The number of nitrogens with one attached hydrogen (secondary N) is 1. The molecule has 2 aromatic rings. The fraction of sp³-hybridized carbons (Fsp3) is 0.333. The number of benzene rings is 1. The van der Waals surface area contributed by atoms with Crippen molar-refractivity contribution in [2.45, 2.75) is 26.2 Å². The molecule has 0 saturated carbocycles. The number of allylic oxidation sites excluding steroid dienone is 2. The van der Waals surface area contributed by atoms with Gasteiger partial charge in [0.05, 0.1) is 23.4 Å². The number of anilines is 1. The first-order valence-electron chi connectivity index (χ1n) is 9.13. The monoisotopic (exact) mass is 348 g/mol. The number of hydrogen-bond donors (Lipinski definition) is 2. The molecule has 1 aliphatic carbocycles. The molecular weight excluding hydrogens is 324 g/mol. The summed E-state index contributed by atoms with van der Waals surface area (Å²) in [6.45, 7) is 3.66. The summed E-state index contributed by atoms with van der Waals surface area (Å²) in [5.41, 5.74) is 9.02. The van der Waals surface area contributed by atoms with Gasteiger partial charge in [-0.2, -0.15) is 0 Å². The summed E-state index contributed by atoms with van der Waals surface area (Å²) in [4.78, 5) is 9.64. The third-order valence-electron chi connectivity index (χ3n) is 5.01. The van der Waals surface area contributed by atoms with Crippen LogP contribution in [0.5, 0.6) is 0 Å². The zero-order chi connectivity index (χ0) is 18.1. The molecule has 1 aromatic carbocycles. The van der Waals surface area contributed by atoms with E-state index in [9.17, 15) is 0 Å². The molecule has 0 saturated heterocycles. The highest BCUT2D eigenvalue weighted by Gasteiger charge is 2.16. The quantitative estimate of drug-likeness (QED) is 0.668. The van der Waals surface area contributed by atoms with E-state index in [0.717, 1.165) is 65.8 Å². The third kappa shape index (κ3) is 2.78. The van der Waals surface area contributed by atoms with Gasteiger partial charge in [-0.15, -0.1) is 0 Å². The zero-order valence-corrected chi connectivity index (χ0v) is 15.3. The van der Waals surface area contributed by atoms with Crippen LogP contribution < -0.4 is 21.6 Å². The van der Waals surface area contributed by atoms with Crippen molar-refractivity contribution >= 4 is 17.6 Å². The summed E-state index contributed by atoms with van der Waals surface area (Å²) in [5, 5.41) is 7.98. The second-order valence-corrected chi connectivity index (χ2v) is 6.74. The van der Waals surface area contributed by atoms with Crippen molar-refractivity contribution in [3.63, 3.8) is 0 Å². The number of hydrogen-bond acceptors (Lipinski definition) is 5. The smallest absolute Gasteiger partial charge is 0.136 e. The highest BCUT2D eigenvalue weighted by atomic mass is 16.5. The number of nitrogens with zero attached hydrogens (tertiary/aromatic N) is 2. The van der Waals surface area contributed by atoms with Gasteiger partial charge < -0.3 is 15.8 Å². The van der Waals surface area contributed by atoms with Gasteiger partial charge in [0, 0.05) is 18.0 Å². The van der Waals surface area contributed by atoms with Crippen LogP contribution in [-0.2, 0) is 11.2 Å². The second-order valence-electron chi connectivity index (χ2n) is 6.74. The van der Waals surface area contributed by atoms with Gasteiger partial charge in [0.15, 0.2) is 0 Å². The van der Waals surface area contributed by atoms with Crippen molar-refractivity contribution in [3.05, 3.63) is 62.3 Å². The van der Waals surface area contributed by atoms with Crippen LogP contribution in [0.1, 0.15) is 24.0 Å². The number of aryl methyl sites for hydroxylation is 1. The van der Waals surface area contributed by atoms with Gasteiger partial charge in [0.25, 0.3) is 0 Å². The lowest BCUT2D eigenvalue weighted by atomic mass is 10.00. The number of aromatic nitrogens is 1. The van der Waals surface area contributed by atoms with E-state index >= 15 is 0 Å². The number of pyridine rings is 1. The summed E-state index contributed by atoms with van der Waals surface area (Å²) < 4.78 is 5.38. The number of nitrogens with two attached hydrogens (primary N) is 1. The van der Waals surface area contributed by atoms with Crippen molar-refractivity contribution in [2.24, 2.45) is 10.7 Å². The highest BCUT2D eigenvalue weighted by Crippen LogP contribution is 2.26. The van der Waals surface area contributed by atoms with Crippen molar-refractivity contribution < 1.29 is 4.74 Å². The molecule has 0 spiro atoms. The van der Waals surface area contributed by atoms with E-state index in [1.807, 2.05) is 6.20 Å². The molecule has 134 valence electrons. The molecule has 0 radical (unpaired) electrons. The molecule has 4 rings (SSSR count). The number of ether oxygens (including phenoxy) is 1. The number of unbranched alkanes of at least 4 members (excludes halogenated alkanes) is 1. The van der Waals surface area contributed by atoms with E-state index in [1.54, 1.807) is 7.11 Å². The molecule has 5 heteroatoms. The van der Waals surface area contributed by atoms with Gasteiger partial charge >= 0.3 is 0 Å². The van der Waals surface area contributed by atoms with Crippen LogP contribution in [-0.4, -0.2) is 25.2 Å². The van der Waals surface area contributed by atoms with Crippen molar-refractivity contribution in [1.29, 1.82) is 0 Å². The van der Waals surface area contributed by atoms with Crippen molar-refractivity contribution in [3.8, 4) is 0 Å². The van der Waals surface area contributed by atoms with Crippen LogP contribution in [0.4, 0.5) is 11.5 Å². The van der Waals surface area contributed by atoms with E-state index in [1.165, 1.54) is 16.0 Å². The molecule has 1 aliphatic heterocycles. The first kappa shape index (κ1) is 16.8. The summed E-state index contributed by atoms with van der Waals surface area (Å²) in [5.74, 6) is 1.83. The SMILES string of the molecule is COC1=CCc2c3c(ccc2=C1)=c1c(NCCCCN)ncc(C)c1=N3. The Hall–Kier alpha value is -2.66. The Labute approximate surface area is 152 Å². The van der Waals surface area contributed by atoms with Crippen LogP contribution in [0.15, 0.2) is 35.2 Å². The molecule has 1 aromatic heterocycles. The number of rotatable bonds is 6. The Morgan fingerprint density at radius 2 is 2.15 bits per heavy atom. The lowest BCUT2D eigenvalue weighted by molar-refractivity contribution is 0.311. The summed E-state index contributed by atoms with van der Waals surface area (Å²) in [6, 6.07) is 4.32. The maximum absolute atomic E-state index is 5.59. The van der Waals surface area contributed by atoms with Crippen LogP contribution in [0.2, 0.25) is 0 Å². The maximum Gasteiger partial charge on any atom is 0.136 e. The van der Waals surface area contributed by atoms with E-state index < -0.39 is 0 Å². The first-order valence-corrected chi connectivity index (χ1v) is 9.13. The second kappa shape index (κ2) is 6.92. The Kier molecular flexibility index (Phi) is 4.47. The Morgan fingerprint density at radius 3 is 2.96 bits per heavy atom. The Balaban J connectivity index is 1.88. The summed E-state index contributed by atoms with van der Waals surface area (Å²) in [6.07, 6.45) is 8.98. The van der Waals surface area contributed by atoms with Gasteiger partial charge in [0.1, 0.15) is 11.6 Å². The molecule has 2 heterocycles. The summed E-state index contributed by atoms with van der Waals surface area (Å²) >= 11 is 0. The first-order chi connectivity index (χ1) is 12.7. The minimum absolute atomic E-state index is 0.721. The van der Waals surface area contributed by atoms with Crippen molar-refractivity contribution in [2.75, 3.05) is 25.5 Å². The highest BCUT2D eigenvalue weighted by molar-refractivity contribution is 5.61. The molecule has 5 nitrogen and oxygen atoms in total. The van der Waals surface area contributed by atoms with Gasteiger partial charge in [-0.1, -0.05) is 12.1 Å². The van der Waals surface area contributed by atoms with Crippen molar-refractivity contribution in [1.82, 2.24) is 4.98 Å². The minimum Gasteiger partial charge on any atom is -0.497 e. The fourth-order valence-corrected chi connectivity index (χ4v) is 3.61. The lowest BCUT2D eigenvalue weighted by Gasteiger charge is -2.11. The molecule has 0 fully saturated rings. The molecule has 2 aliphatic rings. The third-order valence-corrected chi connectivity index (χ3v) is 5.01. The molecule has 3 N–H and O–H groups in total. The Morgan fingerprint density at radius 1 is 1.27 bits per heavy atom. The fourth-order valence-electron chi connectivity index (χ4n) is 3.61. The predicted octanol–water partition coefficient (Wildman–Crippen LogP) is 1.96. The van der Waals surface area contributed by atoms with E-state index in [2.05, 4.69) is 41.5 Å². The number of methoxy groups -OCH3 is 1. The van der Waals surface area contributed by atoms with Gasteiger partial charge in [-0.05, 0) is 61.2 Å². The van der Waals surface area contributed by atoms with Gasteiger partial charge in [-0.3, -0.25) is 0 Å². The Bertz CT molecular complexity index is 1100. The van der Waals surface area contributed by atoms with E-state index in [4.69, 9.17) is 15.5 Å². The topological polar surface area (TPSA) is 72.5 Å². The molecule has 26 heavy (non-hydrogen) atoms. The van der Waals surface area contributed by atoms with E-state index in [-0.39, 0.29) is 0 Å². The van der Waals surface area contributed by atoms with Crippen LogP contribution in [0, 0.1) is 17.4 Å². The van der Waals surface area contributed by atoms with Gasteiger partial charge in [-0.25, -0.2) is 9.98 Å². The molecule has 0 bridgehead atoms. The minimum atomic E-state index is 0.721. The number of fused-ring (bicyclic) bond motifs is 4. The average molecular weight is 348 g/mol. The van der Waals surface area contributed by atoms with E-state index in [0.29, 0.717) is 0 Å². The molecule has 0 atom stereocenters. The maximum atomic E-state index is 5.59. The van der Waals surface area contributed by atoms with Crippen LogP contribution >= 0.6 is 0 Å². The largest absolute Gasteiger partial charge is 0.497 e. The van der Waals surface area contributed by atoms with Crippen LogP contribution in [0.25, 0.3) is 6.08 Å². The van der Waals surface area contributed by atoms with Crippen LogP contribution in [0.3, 0.4) is 0 Å². The predicted molar refractivity (Wildman–Crippen MR) is 104 cm³/mol. The average Bonchev–Trinajstić information content (AvgIpc) is 3.07. The standard InChI is InChI=1S/C21H24N4O/c1-13-12-24-21(23-10-4-3-9-22)18-17-7-5-14-11-15(26-2)6-8-16(14)20(17)25-19(13)18/h5-7,11-12H,3-4,8-10,22H2,1-2H3,(H,23,24). The molecular formula is C21H24N4O. The van der Waals surface area contributed by atoms with Gasteiger partial charge in [0.2, 0.25) is 0 Å². The molecule has 0 unspecified atom stereocenters. The lowest BCUT2D eigenvalue weighted by Crippen LogP contribution is -2.14.